The van der Waals surface area contributed by atoms with Crippen LogP contribution < -0.4 is 15.0 Å². The Hall–Kier alpha value is -2.82. The maximum atomic E-state index is 13.3. The van der Waals surface area contributed by atoms with Crippen LogP contribution in [0.1, 0.15) is 37.9 Å². The van der Waals surface area contributed by atoms with Crippen molar-refractivity contribution in [2.45, 2.75) is 32.4 Å². The average Bonchev–Trinajstić information content (AvgIpc) is 2.87. The lowest BCUT2D eigenvalue weighted by molar-refractivity contribution is -0.119. The van der Waals surface area contributed by atoms with E-state index in [0.717, 1.165) is 22.4 Å². The van der Waals surface area contributed by atoms with E-state index in [4.69, 9.17) is 4.74 Å². The number of hydrogen-bond acceptors (Lipinski definition) is 3. The molecule has 0 fully saturated rings. The minimum absolute atomic E-state index is 0.0208. The van der Waals surface area contributed by atoms with Gasteiger partial charge in [-0.25, -0.2) is 4.39 Å². The molecule has 2 aromatic rings. The first kappa shape index (κ1) is 16.6. The van der Waals surface area contributed by atoms with E-state index in [0.29, 0.717) is 11.4 Å². The highest BCUT2D eigenvalue weighted by Crippen LogP contribution is 2.50. The molecule has 1 atom stereocenters. The van der Waals surface area contributed by atoms with Gasteiger partial charge < -0.3 is 15.0 Å². The molecule has 4 rings (SSSR count). The summed E-state index contributed by atoms with van der Waals surface area (Å²) in [5, 5.41) is 3.26. The number of methoxy groups -OCH3 is 1. The molecule has 4 nitrogen and oxygen atoms in total. The summed E-state index contributed by atoms with van der Waals surface area (Å²) in [5.74, 6) is 0.387. The zero-order valence-corrected chi connectivity index (χ0v) is 15.3. The zero-order valence-electron chi connectivity index (χ0n) is 15.3. The first-order valence-electron chi connectivity index (χ1n) is 8.60. The molecule has 1 amide bonds. The van der Waals surface area contributed by atoms with Crippen molar-refractivity contribution < 1.29 is 13.9 Å². The molecule has 0 saturated heterocycles. The summed E-state index contributed by atoms with van der Waals surface area (Å²) in [7, 11) is 1.62. The van der Waals surface area contributed by atoms with Crippen molar-refractivity contribution >= 4 is 22.9 Å². The lowest BCUT2D eigenvalue weighted by Crippen LogP contribution is -2.47. The van der Waals surface area contributed by atoms with Gasteiger partial charge in [0.2, 0.25) is 0 Å². The van der Waals surface area contributed by atoms with Crippen molar-refractivity contribution in [3.8, 4) is 5.75 Å². The number of carbonyl (C=O) groups excluding carboxylic acids is 1. The van der Waals surface area contributed by atoms with Crippen LogP contribution in [0.25, 0.3) is 5.57 Å². The number of halogens is 1. The fraction of sp³-hybridized carbons (Fsp3) is 0.286. The van der Waals surface area contributed by atoms with Gasteiger partial charge in [-0.2, -0.15) is 0 Å². The van der Waals surface area contributed by atoms with Crippen molar-refractivity contribution in [3.05, 3.63) is 59.4 Å². The molecule has 0 spiro atoms. The Bertz CT molecular complexity index is 932. The number of anilines is 2. The molecule has 0 aromatic heterocycles. The molecule has 1 unspecified atom stereocenters. The van der Waals surface area contributed by atoms with Crippen LogP contribution in [0.5, 0.6) is 5.75 Å². The minimum Gasteiger partial charge on any atom is -0.497 e. The van der Waals surface area contributed by atoms with Gasteiger partial charge in [0.1, 0.15) is 17.6 Å². The number of nitrogens with zero attached hydrogens (tertiary/aromatic N) is 1. The van der Waals surface area contributed by atoms with E-state index in [1.54, 1.807) is 19.2 Å². The van der Waals surface area contributed by atoms with Crippen LogP contribution in [0, 0.1) is 5.82 Å². The number of hydrogen-bond donors (Lipinski definition) is 1. The Morgan fingerprint density at radius 1 is 1.19 bits per heavy atom. The molecule has 0 aliphatic carbocycles. The van der Waals surface area contributed by atoms with Gasteiger partial charge >= 0.3 is 0 Å². The molecule has 2 aromatic carbocycles. The fourth-order valence-electron chi connectivity index (χ4n) is 3.99. The van der Waals surface area contributed by atoms with Crippen LogP contribution >= 0.6 is 0 Å². The molecule has 2 aliphatic rings. The predicted octanol–water partition coefficient (Wildman–Crippen LogP) is 4.53. The van der Waals surface area contributed by atoms with Crippen molar-refractivity contribution in [3.63, 3.8) is 0 Å². The number of carbonyl (C=O) groups is 1. The maximum Gasteiger partial charge on any atom is 0.254 e. The van der Waals surface area contributed by atoms with Crippen LogP contribution in [0.4, 0.5) is 15.8 Å². The summed E-state index contributed by atoms with van der Waals surface area (Å²) >= 11 is 0. The Kier molecular flexibility index (Phi) is 3.58. The van der Waals surface area contributed by atoms with Gasteiger partial charge in [-0.1, -0.05) is 6.08 Å². The number of ether oxygens (including phenoxy) is 1. The summed E-state index contributed by atoms with van der Waals surface area (Å²) < 4.78 is 18.7. The Morgan fingerprint density at radius 3 is 2.54 bits per heavy atom. The van der Waals surface area contributed by atoms with Gasteiger partial charge in [0.15, 0.2) is 0 Å². The van der Waals surface area contributed by atoms with Crippen LogP contribution in [0.3, 0.4) is 0 Å². The normalized spacial score (nSPS) is 19.9. The van der Waals surface area contributed by atoms with Crippen molar-refractivity contribution in [1.82, 2.24) is 0 Å². The summed E-state index contributed by atoms with van der Waals surface area (Å²) in [6.45, 7) is 6.12. The van der Waals surface area contributed by atoms with Crippen LogP contribution in [-0.4, -0.2) is 18.6 Å². The van der Waals surface area contributed by atoms with E-state index < -0.39 is 11.6 Å². The molecule has 0 saturated carbocycles. The maximum absolute atomic E-state index is 13.3. The molecular weight excluding hydrogens is 331 g/mol. The topological polar surface area (TPSA) is 41.6 Å². The quantitative estimate of drug-likeness (QED) is 0.882. The van der Waals surface area contributed by atoms with E-state index in [1.807, 2.05) is 30.9 Å². The molecular formula is C21H21FN2O2. The largest absolute Gasteiger partial charge is 0.497 e. The number of allylic oxidation sites excluding steroid dienone is 1. The summed E-state index contributed by atoms with van der Waals surface area (Å²) in [6.07, 6.45) is 2.11. The van der Waals surface area contributed by atoms with Crippen LogP contribution in [0.15, 0.2) is 42.5 Å². The molecule has 5 heteroatoms. The van der Waals surface area contributed by atoms with Crippen molar-refractivity contribution in [1.29, 1.82) is 0 Å². The third-order valence-corrected chi connectivity index (χ3v) is 5.08. The predicted molar refractivity (Wildman–Crippen MR) is 101 cm³/mol. The van der Waals surface area contributed by atoms with Gasteiger partial charge in [0.25, 0.3) is 5.91 Å². The highest BCUT2D eigenvalue weighted by molar-refractivity contribution is 6.11. The monoisotopic (exact) mass is 352 g/mol. The molecule has 1 N–H and O–H groups in total. The van der Waals surface area contributed by atoms with Crippen LogP contribution in [0.2, 0.25) is 0 Å². The zero-order chi connectivity index (χ0) is 18.6. The molecule has 134 valence electrons. The molecule has 0 bridgehead atoms. The van der Waals surface area contributed by atoms with Gasteiger partial charge in [-0.15, -0.1) is 0 Å². The number of nitrogens with one attached hydrogen (secondary N) is 1. The first-order valence-corrected chi connectivity index (χ1v) is 8.60. The van der Waals surface area contributed by atoms with E-state index in [9.17, 15) is 9.18 Å². The second-order valence-electron chi connectivity index (χ2n) is 7.35. The van der Waals surface area contributed by atoms with Crippen LogP contribution in [-0.2, 0) is 4.79 Å². The summed E-state index contributed by atoms with van der Waals surface area (Å²) in [6, 6.07) is 9.38. The fourth-order valence-corrected chi connectivity index (χ4v) is 3.99. The number of amides is 1. The van der Waals surface area contributed by atoms with Gasteiger partial charge in [0.05, 0.1) is 18.3 Å². The minimum atomic E-state index is -0.539. The average molecular weight is 352 g/mol. The summed E-state index contributed by atoms with van der Waals surface area (Å²) in [4.78, 5) is 15.1. The smallest absolute Gasteiger partial charge is 0.254 e. The van der Waals surface area contributed by atoms with E-state index in [2.05, 4.69) is 18.3 Å². The third-order valence-electron chi connectivity index (χ3n) is 5.08. The second-order valence-corrected chi connectivity index (χ2v) is 7.35. The van der Waals surface area contributed by atoms with E-state index >= 15 is 0 Å². The van der Waals surface area contributed by atoms with Crippen molar-refractivity contribution in [2.24, 2.45) is 0 Å². The lowest BCUT2D eigenvalue weighted by Gasteiger charge is -2.39. The Balaban J connectivity index is 1.86. The Morgan fingerprint density at radius 2 is 1.88 bits per heavy atom. The highest BCUT2D eigenvalue weighted by Gasteiger charge is 2.47. The van der Waals surface area contributed by atoms with Crippen molar-refractivity contribution in [2.75, 3.05) is 17.3 Å². The van der Waals surface area contributed by atoms with Gasteiger partial charge in [-0.05, 0) is 62.7 Å². The second kappa shape index (κ2) is 5.59. The third kappa shape index (κ3) is 2.38. The molecule has 2 aliphatic heterocycles. The van der Waals surface area contributed by atoms with Gasteiger partial charge in [-0.3, -0.25) is 4.79 Å². The lowest BCUT2D eigenvalue weighted by atomic mass is 9.89. The highest BCUT2D eigenvalue weighted by atomic mass is 19.1. The van der Waals surface area contributed by atoms with E-state index in [-0.39, 0.29) is 11.7 Å². The van der Waals surface area contributed by atoms with Gasteiger partial charge in [0, 0.05) is 16.8 Å². The SMILES string of the molecule is COc1cc2c3c(c1)C(Nc1ccc(F)cc1)C(=O)N3C(C)(C)C=C2C. The van der Waals surface area contributed by atoms with E-state index in [1.165, 1.54) is 12.1 Å². The molecule has 26 heavy (non-hydrogen) atoms. The Labute approximate surface area is 152 Å². The number of benzene rings is 2. The standard InChI is InChI=1S/C21H21FN2O2/c1-12-11-21(2,3)24-19-16(12)9-15(26-4)10-17(19)18(20(24)25)23-14-7-5-13(22)6-8-14/h5-11,18,23H,1-4H3. The number of rotatable bonds is 3. The molecule has 2 heterocycles. The summed E-state index contributed by atoms with van der Waals surface area (Å²) in [5.41, 5.74) is 4.22. The first-order chi connectivity index (χ1) is 12.3. The molecule has 0 radical (unpaired) electrons.